The molecule has 29 heavy (non-hydrogen) atoms. The molecule has 0 aliphatic heterocycles. The van der Waals surface area contributed by atoms with Crippen LogP contribution in [0.5, 0.6) is 0 Å². The summed E-state index contributed by atoms with van der Waals surface area (Å²) in [4.78, 5) is 22.2. The maximum Gasteiger partial charge on any atom is 0.233 e. The van der Waals surface area contributed by atoms with Gasteiger partial charge in [-0.1, -0.05) is 61.1 Å². The number of hydrogen-bond donors (Lipinski definition) is 0. The van der Waals surface area contributed by atoms with E-state index in [9.17, 15) is 4.79 Å². The van der Waals surface area contributed by atoms with Crippen molar-refractivity contribution in [3.8, 4) is 0 Å². The number of benzene rings is 2. The number of carbonyl (C=O) groups is 1. The molecule has 0 aliphatic carbocycles. The maximum absolute atomic E-state index is 13.3. The zero-order valence-electron chi connectivity index (χ0n) is 17.5. The van der Waals surface area contributed by atoms with Crippen molar-refractivity contribution in [2.75, 3.05) is 31.1 Å². The number of anilines is 1. The molecule has 0 radical (unpaired) electrons. The van der Waals surface area contributed by atoms with Gasteiger partial charge in [-0.2, -0.15) is 0 Å². The van der Waals surface area contributed by atoms with E-state index in [1.165, 1.54) is 22.5 Å². The summed E-state index contributed by atoms with van der Waals surface area (Å²) in [6.45, 7) is 11.8. The van der Waals surface area contributed by atoms with Gasteiger partial charge in [0.25, 0.3) is 0 Å². The van der Waals surface area contributed by atoms with Crippen LogP contribution in [0.1, 0.15) is 30.5 Å². The van der Waals surface area contributed by atoms with Crippen LogP contribution in [0, 0.1) is 13.8 Å². The number of carbonyl (C=O) groups excluding carboxylic acids is 1. The van der Waals surface area contributed by atoms with Crippen molar-refractivity contribution in [2.24, 2.45) is 0 Å². The molecule has 4 nitrogen and oxygen atoms in total. The average Bonchev–Trinajstić information content (AvgIpc) is 3.13. The van der Waals surface area contributed by atoms with E-state index in [0.717, 1.165) is 35.4 Å². The summed E-state index contributed by atoms with van der Waals surface area (Å²) in [5.41, 5.74) is 4.24. The zero-order valence-corrected chi connectivity index (χ0v) is 19.1. The number of halogens is 1. The summed E-state index contributed by atoms with van der Waals surface area (Å²) in [5.74, 6) is 0.0654. The first kappa shape index (κ1) is 21.8. The first-order valence-corrected chi connectivity index (χ1v) is 11.3. The highest BCUT2D eigenvalue weighted by molar-refractivity contribution is 7.22. The Morgan fingerprint density at radius 2 is 1.83 bits per heavy atom. The van der Waals surface area contributed by atoms with Crippen molar-refractivity contribution >= 4 is 44.2 Å². The zero-order chi connectivity index (χ0) is 21.0. The molecule has 6 heteroatoms. The molecule has 1 heterocycles. The number of amides is 1. The average molecular weight is 430 g/mol. The van der Waals surface area contributed by atoms with E-state index in [2.05, 4.69) is 44.7 Å². The molecule has 3 aromatic rings. The smallest absolute Gasteiger partial charge is 0.233 e. The number of thiazole rings is 1. The van der Waals surface area contributed by atoms with E-state index in [1.807, 2.05) is 29.2 Å². The van der Waals surface area contributed by atoms with Crippen LogP contribution >= 0.6 is 22.9 Å². The van der Waals surface area contributed by atoms with Gasteiger partial charge < -0.3 is 4.90 Å². The third-order valence-corrected chi connectivity index (χ3v) is 6.70. The highest BCUT2D eigenvalue weighted by Crippen LogP contribution is 2.33. The largest absolute Gasteiger partial charge is 0.302 e. The van der Waals surface area contributed by atoms with E-state index in [4.69, 9.17) is 16.6 Å². The van der Waals surface area contributed by atoms with Crippen LogP contribution in [0.2, 0.25) is 5.02 Å². The Morgan fingerprint density at radius 1 is 1.07 bits per heavy atom. The summed E-state index contributed by atoms with van der Waals surface area (Å²) < 4.78 is 0.999. The van der Waals surface area contributed by atoms with Crippen LogP contribution < -0.4 is 4.90 Å². The Balaban J connectivity index is 1.89. The quantitative estimate of drug-likeness (QED) is 0.475. The van der Waals surface area contributed by atoms with Gasteiger partial charge in [0.05, 0.1) is 16.1 Å². The molecule has 0 N–H and O–H groups in total. The van der Waals surface area contributed by atoms with Gasteiger partial charge in [-0.05, 0) is 55.8 Å². The number of para-hydroxylation sites is 1. The number of hydrogen-bond acceptors (Lipinski definition) is 4. The fourth-order valence-corrected chi connectivity index (χ4v) is 4.62. The van der Waals surface area contributed by atoms with E-state index in [1.54, 1.807) is 0 Å². The predicted molar refractivity (Wildman–Crippen MR) is 124 cm³/mol. The van der Waals surface area contributed by atoms with Gasteiger partial charge in [-0.3, -0.25) is 9.69 Å². The molecule has 3 rings (SSSR count). The van der Waals surface area contributed by atoms with Gasteiger partial charge in [0.2, 0.25) is 5.91 Å². The summed E-state index contributed by atoms with van der Waals surface area (Å²) >= 11 is 7.84. The third kappa shape index (κ3) is 5.16. The van der Waals surface area contributed by atoms with Crippen molar-refractivity contribution in [3.63, 3.8) is 0 Å². The molecular formula is C23H28ClN3OS. The highest BCUT2D eigenvalue weighted by Gasteiger charge is 2.21. The normalized spacial score (nSPS) is 11.4. The Kier molecular flexibility index (Phi) is 7.28. The monoisotopic (exact) mass is 429 g/mol. The van der Waals surface area contributed by atoms with Crippen LogP contribution in [0.15, 0.2) is 36.4 Å². The molecule has 1 aromatic heterocycles. The topological polar surface area (TPSA) is 36.4 Å². The minimum atomic E-state index is 0.0654. The molecule has 2 aromatic carbocycles. The number of aromatic nitrogens is 1. The first-order valence-electron chi connectivity index (χ1n) is 10.1. The molecule has 0 fully saturated rings. The molecule has 0 unspecified atom stereocenters. The minimum absolute atomic E-state index is 0.0654. The van der Waals surface area contributed by atoms with E-state index in [-0.39, 0.29) is 5.91 Å². The van der Waals surface area contributed by atoms with Crippen LogP contribution in [-0.2, 0) is 11.2 Å². The minimum Gasteiger partial charge on any atom is -0.302 e. The fraction of sp³-hybridized carbons (Fsp3) is 0.391. The van der Waals surface area contributed by atoms with E-state index in [0.29, 0.717) is 23.1 Å². The molecule has 154 valence electrons. The Bertz CT molecular complexity index is 997. The van der Waals surface area contributed by atoms with Gasteiger partial charge >= 0.3 is 0 Å². The lowest BCUT2D eigenvalue weighted by atomic mass is 10.0. The van der Waals surface area contributed by atoms with Crippen molar-refractivity contribution in [1.82, 2.24) is 9.88 Å². The van der Waals surface area contributed by atoms with Gasteiger partial charge in [-0.15, -0.1) is 0 Å². The highest BCUT2D eigenvalue weighted by atomic mass is 35.5. The lowest BCUT2D eigenvalue weighted by molar-refractivity contribution is -0.118. The standard InChI is InChI=1S/C23H28ClN3OS/c1-5-26(6-2)12-13-27(21(28)15-18-11-10-16(3)17(4)14-18)23-25-22-19(24)8-7-9-20(22)29-23/h7-11,14H,5-6,12-13,15H2,1-4H3. The van der Waals surface area contributed by atoms with Gasteiger partial charge in [0, 0.05) is 13.1 Å². The summed E-state index contributed by atoms with van der Waals surface area (Å²) in [6.07, 6.45) is 0.364. The molecule has 0 bridgehead atoms. The number of rotatable bonds is 8. The van der Waals surface area contributed by atoms with E-state index >= 15 is 0 Å². The molecular weight excluding hydrogens is 402 g/mol. The van der Waals surface area contributed by atoms with Crippen LogP contribution in [0.25, 0.3) is 10.2 Å². The summed E-state index contributed by atoms with van der Waals surface area (Å²) in [7, 11) is 0. The molecule has 1 amide bonds. The Hall–Kier alpha value is -1.95. The second-order valence-corrected chi connectivity index (χ2v) is 8.67. The first-order chi connectivity index (χ1) is 13.9. The van der Waals surface area contributed by atoms with Crippen LogP contribution in [0.4, 0.5) is 5.13 Å². The number of likely N-dealkylation sites (N-methyl/N-ethyl adjacent to an activating group) is 1. The van der Waals surface area contributed by atoms with E-state index < -0.39 is 0 Å². The van der Waals surface area contributed by atoms with Gasteiger partial charge in [-0.25, -0.2) is 4.98 Å². The molecule has 0 saturated carbocycles. The third-order valence-electron chi connectivity index (χ3n) is 5.35. The van der Waals surface area contributed by atoms with Crippen LogP contribution in [0.3, 0.4) is 0 Å². The number of nitrogens with zero attached hydrogens (tertiary/aromatic N) is 3. The SMILES string of the molecule is CCN(CC)CCN(C(=O)Cc1ccc(C)c(C)c1)c1nc2c(Cl)cccc2s1. The van der Waals surface area contributed by atoms with Crippen LogP contribution in [-0.4, -0.2) is 42.0 Å². The summed E-state index contributed by atoms with van der Waals surface area (Å²) in [6, 6.07) is 12.0. The maximum atomic E-state index is 13.3. The molecule has 0 atom stereocenters. The Labute approximate surface area is 182 Å². The molecule has 0 aliphatic rings. The van der Waals surface area contributed by atoms with Crippen molar-refractivity contribution in [2.45, 2.75) is 34.1 Å². The molecule has 0 spiro atoms. The second kappa shape index (κ2) is 9.70. The van der Waals surface area contributed by atoms with Crippen molar-refractivity contribution in [3.05, 3.63) is 58.1 Å². The lowest BCUT2D eigenvalue weighted by Gasteiger charge is -2.25. The second-order valence-electron chi connectivity index (χ2n) is 7.25. The molecule has 0 saturated heterocycles. The van der Waals surface area contributed by atoms with Crippen molar-refractivity contribution < 1.29 is 4.79 Å². The number of aryl methyl sites for hydroxylation is 2. The van der Waals surface area contributed by atoms with Gasteiger partial charge in [0.1, 0.15) is 5.52 Å². The van der Waals surface area contributed by atoms with Gasteiger partial charge in [0.15, 0.2) is 5.13 Å². The Morgan fingerprint density at radius 3 is 2.48 bits per heavy atom. The van der Waals surface area contributed by atoms with Crippen molar-refractivity contribution in [1.29, 1.82) is 0 Å². The predicted octanol–water partition coefficient (Wildman–Crippen LogP) is 5.48. The number of fused-ring (bicyclic) bond motifs is 1. The summed E-state index contributed by atoms with van der Waals surface area (Å²) in [5, 5.41) is 1.34. The fourth-order valence-electron chi connectivity index (χ4n) is 3.31. The lowest BCUT2D eigenvalue weighted by Crippen LogP contribution is -2.39.